The van der Waals surface area contributed by atoms with Crippen molar-refractivity contribution < 1.29 is 9.15 Å². The van der Waals surface area contributed by atoms with Gasteiger partial charge < -0.3 is 19.0 Å². The van der Waals surface area contributed by atoms with Gasteiger partial charge in [0, 0.05) is 72.8 Å². The normalized spacial score (nSPS) is 15.0. The van der Waals surface area contributed by atoms with Crippen molar-refractivity contribution in [3.63, 3.8) is 0 Å². The van der Waals surface area contributed by atoms with Crippen molar-refractivity contribution in [3.8, 4) is 101 Å². The highest BCUT2D eigenvalue weighted by Crippen LogP contribution is 2.48. The van der Waals surface area contributed by atoms with Crippen molar-refractivity contribution in [3.05, 3.63) is 386 Å². The van der Waals surface area contributed by atoms with Crippen LogP contribution in [0.3, 0.4) is 0 Å². The number of fused-ring (bicyclic) bond motifs is 14. The predicted molar refractivity (Wildman–Crippen MR) is 469 cm³/mol. The molecule has 7 heterocycles. The van der Waals surface area contributed by atoms with E-state index in [1.54, 1.807) is 0 Å². The third-order valence-electron chi connectivity index (χ3n) is 23.1. The molecule has 20 aromatic rings. The molecule has 23 rings (SSSR count). The second kappa shape index (κ2) is 26.7. The summed E-state index contributed by atoms with van der Waals surface area (Å²) in [6, 6.07) is 124. The van der Waals surface area contributed by atoms with E-state index in [-0.39, 0.29) is 5.92 Å². The highest BCUT2D eigenvalue weighted by atomic mass is 16.5. The number of nitrogens with zero attached hydrogens (tertiary/aromatic N) is 8. The van der Waals surface area contributed by atoms with Gasteiger partial charge in [0.2, 0.25) is 5.71 Å². The molecule has 0 saturated carbocycles. The van der Waals surface area contributed by atoms with Crippen LogP contribution in [-0.4, -0.2) is 48.6 Å². The highest BCUT2D eigenvalue weighted by molar-refractivity contribution is 6.19. The van der Waals surface area contributed by atoms with Crippen LogP contribution in [0.5, 0.6) is 5.75 Å². The van der Waals surface area contributed by atoms with E-state index in [0.29, 0.717) is 34.9 Å². The van der Waals surface area contributed by atoms with Gasteiger partial charge in [-0.15, -0.1) is 0 Å². The molecule has 0 bridgehead atoms. The second-order valence-corrected chi connectivity index (χ2v) is 29.7. The molecule has 3 unspecified atom stereocenters. The van der Waals surface area contributed by atoms with E-state index >= 15 is 0 Å². The maximum Gasteiger partial charge on any atom is 0.227 e. The van der Waals surface area contributed by atoms with Gasteiger partial charge in [0.1, 0.15) is 23.3 Å². The molecular formula is C104H65N9O2. The van der Waals surface area contributed by atoms with E-state index in [0.717, 1.165) is 160 Å². The number of nitrogens with one attached hydrogen (secondary N) is 1. The molecule has 3 atom stereocenters. The molecule has 0 amide bonds. The molecule has 3 aliphatic rings. The van der Waals surface area contributed by atoms with Crippen LogP contribution in [0.25, 0.3) is 183 Å². The summed E-state index contributed by atoms with van der Waals surface area (Å²) in [5.74, 6) is 3.57. The molecular weight excluding hydrogens is 1410 g/mol. The highest BCUT2D eigenvalue weighted by Gasteiger charge is 2.39. The summed E-state index contributed by atoms with van der Waals surface area (Å²) >= 11 is 0. The van der Waals surface area contributed by atoms with Crippen LogP contribution in [0.15, 0.2) is 383 Å². The summed E-state index contributed by atoms with van der Waals surface area (Å²) < 4.78 is 16.1. The number of ether oxygens (including phenoxy) is 1. The number of amidine groups is 2. The molecule has 0 spiro atoms. The first-order valence-corrected chi connectivity index (χ1v) is 38.9. The quantitative estimate of drug-likeness (QED) is 0.121. The Morgan fingerprint density at radius 3 is 1.75 bits per heavy atom. The number of para-hydroxylation sites is 1. The fraction of sp³-hybridized carbons (Fsp3) is 0.0288. The minimum atomic E-state index is -0.450. The number of aromatic nitrogens is 5. The first kappa shape index (κ1) is 65.5. The van der Waals surface area contributed by atoms with Crippen LogP contribution >= 0.6 is 0 Å². The summed E-state index contributed by atoms with van der Waals surface area (Å²) in [4.78, 5) is 37.5. The standard InChI is InChI=1S/C104H65N9O2/c1-4-21-62(22-5-1)63-40-45-68(46-41-63)98-108-99(111-101(109-98)85-53-51-80(77-32-13-15-34-79(77)85)84-36-19-39-93-95(84)87-54-55-90(106-104(87)114-93)81-52-50-75(64-23-6-2-7-24-64)76-31-12-14-33-78(76)81)71-29-18-28-69(57-71)70-48-49-83-82-35-16-17-38-91(82)113(92(83)59-70)73-60-89(96-86-37-20-56-105-103(86)115-94(96)61-73)102-110-97(67-26-8-3-9-27-67)107-100(112-102)72-47-44-66-43-42-65-25-10-11-30-74(65)88(66)58-72/h1-61,86,97,103H,(H,107,110,112). The average Bonchev–Trinajstić information content (AvgIpc) is 1.61. The van der Waals surface area contributed by atoms with Gasteiger partial charge in [0.25, 0.3) is 0 Å². The second-order valence-electron chi connectivity index (χ2n) is 29.7. The van der Waals surface area contributed by atoms with Gasteiger partial charge in [-0.1, -0.05) is 297 Å². The summed E-state index contributed by atoms with van der Waals surface area (Å²) in [6.45, 7) is 0. The van der Waals surface area contributed by atoms with Gasteiger partial charge >= 0.3 is 0 Å². The Morgan fingerprint density at radius 2 is 0.930 bits per heavy atom. The third-order valence-corrected chi connectivity index (χ3v) is 23.1. The monoisotopic (exact) mass is 1470 g/mol. The number of furan rings is 1. The van der Waals surface area contributed by atoms with Crippen LogP contribution in [0.2, 0.25) is 0 Å². The summed E-state index contributed by atoms with van der Waals surface area (Å²) in [6.07, 6.45) is 5.16. The Balaban J connectivity index is 0.642. The van der Waals surface area contributed by atoms with Crippen LogP contribution < -0.4 is 10.1 Å². The van der Waals surface area contributed by atoms with E-state index in [1.807, 2.05) is 30.5 Å². The van der Waals surface area contributed by atoms with Crippen molar-refractivity contribution in [1.29, 1.82) is 0 Å². The fourth-order valence-corrected chi connectivity index (χ4v) is 17.7. The van der Waals surface area contributed by atoms with Crippen LogP contribution in [0.1, 0.15) is 34.3 Å². The molecule has 115 heavy (non-hydrogen) atoms. The zero-order valence-electron chi connectivity index (χ0n) is 61.8. The lowest BCUT2D eigenvalue weighted by atomic mass is 9.91. The number of rotatable bonds is 12. The zero-order valence-corrected chi connectivity index (χ0v) is 61.8. The largest absolute Gasteiger partial charge is 0.467 e. The molecule has 4 aromatic heterocycles. The average molecular weight is 1470 g/mol. The molecule has 0 fully saturated rings. The lowest BCUT2D eigenvalue weighted by molar-refractivity contribution is 0.230. The van der Waals surface area contributed by atoms with Gasteiger partial charge in [0.05, 0.1) is 28.3 Å². The number of hydrogen-bond acceptors (Lipinski definition) is 10. The Hall–Kier alpha value is -15.3. The van der Waals surface area contributed by atoms with Gasteiger partial charge in [0.15, 0.2) is 29.5 Å². The van der Waals surface area contributed by atoms with Crippen molar-refractivity contribution in [1.82, 2.24) is 29.8 Å². The summed E-state index contributed by atoms with van der Waals surface area (Å²) in [5.41, 5.74) is 21.3. The smallest absolute Gasteiger partial charge is 0.227 e. The minimum Gasteiger partial charge on any atom is -0.467 e. The van der Waals surface area contributed by atoms with Crippen LogP contribution in [-0.2, 0) is 0 Å². The Labute approximate surface area is 660 Å². The molecule has 538 valence electrons. The molecule has 3 aliphatic heterocycles. The van der Waals surface area contributed by atoms with Crippen molar-refractivity contribution in [2.75, 3.05) is 0 Å². The maximum atomic E-state index is 6.97. The van der Waals surface area contributed by atoms with Gasteiger partial charge in [-0.25, -0.2) is 34.9 Å². The number of dihydropyridines is 1. The molecule has 0 saturated heterocycles. The zero-order chi connectivity index (χ0) is 75.6. The number of hydrogen-bond donors (Lipinski definition) is 1. The van der Waals surface area contributed by atoms with Gasteiger partial charge in [-0.2, -0.15) is 0 Å². The van der Waals surface area contributed by atoms with Gasteiger partial charge in [-0.3, -0.25) is 0 Å². The van der Waals surface area contributed by atoms with E-state index < -0.39 is 12.4 Å². The Kier molecular flexibility index (Phi) is 15.2. The Morgan fingerprint density at radius 1 is 0.348 bits per heavy atom. The Bertz CT molecular complexity index is 7550. The molecule has 1 N–H and O–H groups in total. The lowest BCUT2D eigenvalue weighted by Crippen LogP contribution is -2.34. The molecule has 11 heteroatoms. The van der Waals surface area contributed by atoms with E-state index in [9.17, 15) is 0 Å². The molecule has 0 aliphatic carbocycles. The van der Waals surface area contributed by atoms with Crippen LogP contribution in [0, 0.1) is 0 Å². The first-order valence-electron chi connectivity index (χ1n) is 38.9. The van der Waals surface area contributed by atoms with Crippen LogP contribution in [0.4, 0.5) is 0 Å². The van der Waals surface area contributed by atoms with Crippen molar-refractivity contribution in [2.24, 2.45) is 15.0 Å². The van der Waals surface area contributed by atoms with E-state index in [2.05, 4.69) is 350 Å². The SMILES string of the molecule is C1=CC2c3c(cc(-n4c5ccccc5c5ccc(-c6cccc(-c7nc(-c8ccc(-c9ccccc9)cc8)nc(-c8ccc(-c9cccc%10oc%11nc(-c%12ccc(-c%13ccccc%13)c%13ccccc%12%13)ccc%11c9%10)c9ccccc89)n7)c6)cc54)cc3C3=NC(c4ccc5ccc6ccccc6c5c4)=NC(c4ccccc4)N3)OC2N=C1. The number of aliphatic imine (C=N–C) groups is 3. The van der Waals surface area contributed by atoms with E-state index in [1.165, 1.54) is 27.3 Å². The molecule has 0 radical (unpaired) electrons. The van der Waals surface area contributed by atoms with Crippen molar-refractivity contribution >= 4 is 105 Å². The number of benzene rings is 16. The summed E-state index contributed by atoms with van der Waals surface area (Å²) in [5, 5.41) is 17.0. The minimum absolute atomic E-state index is 0.158. The maximum absolute atomic E-state index is 6.97. The lowest BCUT2D eigenvalue weighted by Gasteiger charge is -2.26. The number of allylic oxidation sites excluding steroid dienone is 1. The fourth-order valence-electron chi connectivity index (χ4n) is 17.7. The van der Waals surface area contributed by atoms with Gasteiger partial charge in [-0.05, 0) is 154 Å². The third kappa shape index (κ3) is 11.1. The number of pyridine rings is 1. The van der Waals surface area contributed by atoms with Crippen molar-refractivity contribution in [2.45, 2.75) is 18.3 Å². The molecule has 16 aromatic carbocycles. The topological polar surface area (TPSA) is 128 Å². The molecule has 11 nitrogen and oxygen atoms in total. The first-order chi connectivity index (χ1) is 57.0. The predicted octanol–water partition coefficient (Wildman–Crippen LogP) is 25.2. The summed E-state index contributed by atoms with van der Waals surface area (Å²) in [7, 11) is 0. The van der Waals surface area contributed by atoms with E-state index in [4.69, 9.17) is 44.1 Å².